The highest BCUT2D eigenvalue weighted by Gasteiger charge is 2.14. The molecule has 0 bridgehead atoms. The molecule has 0 unspecified atom stereocenters. The first kappa shape index (κ1) is 19.7. The summed E-state index contributed by atoms with van der Waals surface area (Å²) in [5.74, 6) is 0.158. The van der Waals surface area contributed by atoms with E-state index in [0.29, 0.717) is 22.5 Å². The van der Waals surface area contributed by atoms with Crippen molar-refractivity contribution >= 4 is 34.0 Å². The van der Waals surface area contributed by atoms with Gasteiger partial charge in [-0.15, -0.1) is 11.3 Å². The number of hydrogen-bond donors (Lipinski definition) is 2. The molecule has 0 spiro atoms. The molecular formula is C18H23N3O4S. The number of rotatable bonds is 9. The Hall–Kier alpha value is -2.61. The molecule has 0 saturated heterocycles. The number of esters is 1. The van der Waals surface area contributed by atoms with Gasteiger partial charge in [0.25, 0.3) is 5.91 Å². The van der Waals surface area contributed by atoms with E-state index < -0.39 is 11.9 Å². The van der Waals surface area contributed by atoms with Gasteiger partial charge in [-0.05, 0) is 24.5 Å². The van der Waals surface area contributed by atoms with E-state index in [-0.39, 0.29) is 12.3 Å². The minimum absolute atomic E-state index is 0.191. The number of methoxy groups -OCH3 is 1. The number of ether oxygens (including phenoxy) is 2. The summed E-state index contributed by atoms with van der Waals surface area (Å²) < 4.78 is 10.1. The second-order valence-corrected chi connectivity index (χ2v) is 6.86. The Kier molecular flexibility index (Phi) is 7.40. The van der Waals surface area contributed by atoms with Crippen molar-refractivity contribution in [1.29, 1.82) is 0 Å². The zero-order valence-electron chi connectivity index (χ0n) is 15.1. The number of carbonyl (C=O) groups excluding carboxylic acids is 2. The van der Waals surface area contributed by atoms with E-state index >= 15 is 0 Å². The van der Waals surface area contributed by atoms with Crippen LogP contribution in [0.15, 0.2) is 29.6 Å². The molecule has 0 aliphatic carbocycles. The Morgan fingerprint density at radius 1 is 1.31 bits per heavy atom. The maximum atomic E-state index is 12.0. The minimum Gasteiger partial charge on any atom is -0.497 e. The summed E-state index contributed by atoms with van der Waals surface area (Å²) in [4.78, 5) is 28.1. The predicted molar refractivity (Wildman–Crippen MR) is 102 cm³/mol. The molecule has 1 heterocycles. The molecule has 140 valence electrons. The fraction of sp³-hybridized carbons (Fsp3) is 0.389. The maximum absolute atomic E-state index is 12.0. The van der Waals surface area contributed by atoms with Crippen LogP contribution in [0.25, 0.3) is 0 Å². The molecule has 1 amide bonds. The normalized spacial score (nSPS) is 10.5. The van der Waals surface area contributed by atoms with Crippen molar-refractivity contribution in [2.45, 2.75) is 20.3 Å². The molecule has 1 aromatic carbocycles. The third-order valence-electron chi connectivity index (χ3n) is 3.40. The average Bonchev–Trinajstić information content (AvgIpc) is 3.08. The van der Waals surface area contributed by atoms with Gasteiger partial charge in [-0.2, -0.15) is 0 Å². The van der Waals surface area contributed by atoms with Gasteiger partial charge in [0.2, 0.25) is 0 Å². The third-order valence-corrected chi connectivity index (χ3v) is 4.20. The number of thiazole rings is 1. The summed E-state index contributed by atoms with van der Waals surface area (Å²) in [6.07, 6.45) is 1.02. The average molecular weight is 377 g/mol. The lowest BCUT2D eigenvalue weighted by molar-refractivity contribution is -0.119. The highest BCUT2D eigenvalue weighted by molar-refractivity contribution is 7.13. The molecule has 2 aromatic rings. The van der Waals surface area contributed by atoms with Crippen molar-refractivity contribution in [1.82, 2.24) is 4.98 Å². The van der Waals surface area contributed by atoms with Gasteiger partial charge in [-0.3, -0.25) is 4.79 Å². The zero-order valence-corrected chi connectivity index (χ0v) is 15.9. The predicted octanol–water partition coefficient (Wildman–Crippen LogP) is 3.41. The molecule has 0 atom stereocenters. The van der Waals surface area contributed by atoms with Crippen LogP contribution in [0.1, 0.15) is 30.8 Å². The van der Waals surface area contributed by atoms with Gasteiger partial charge in [-0.1, -0.05) is 19.9 Å². The molecule has 0 aliphatic heterocycles. The van der Waals surface area contributed by atoms with Crippen molar-refractivity contribution in [2.75, 3.05) is 30.9 Å². The van der Waals surface area contributed by atoms with E-state index in [9.17, 15) is 9.59 Å². The Morgan fingerprint density at radius 2 is 2.12 bits per heavy atom. The number of nitrogens with one attached hydrogen (secondary N) is 2. The SMILES string of the molecule is COc1cccc(NC(=O)COC(=O)c2csc(NCCC(C)C)n2)c1. The smallest absolute Gasteiger partial charge is 0.358 e. The summed E-state index contributed by atoms with van der Waals surface area (Å²) in [5, 5.41) is 8.09. The van der Waals surface area contributed by atoms with Gasteiger partial charge in [0.1, 0.15) is 5.75 Å². The maximum Gasteiger partial charge on any atom is 0.358 e. The first-order valence-corrected chi connectivity index (χ1v) is 9.16. The van der Waals surface area contributed by atoms with E-state index in [2.05, 4.69) is 29.5 Å². The van der Waals surface area contributed by atoms with E-state index in [1.807, 2.05) is 0 Å². The fourth-order valence-corrected chi connectivity index (χ4v) is 2.73. The lowest BCUT2D eigenvalue weighted by atomic mass is 10.1. The van der Waals surface area contributed by atoms with Crippen molar-refractivity contribution in [3.8, 4) is 5.75 Å². The number of anilines is 2. The van der Waals surface area contributed by atoms with Gasteiger partial charge in [-0.25, -0.2) is 9.78 Å². The van der Waals surface area contributed by atoms with Gasteiger partial charge in [0.15, 0.2) is 17.4 Å². The Bertz CT molecular complexity index is 746. The van der Waals surface area contributed by atoms with Gasteiger partial charge < -0.3 is 20.1 Å². The van der Waals surface area contributed by atoms with Crippen LogP contribution >= 0.6 is 11.3 Å². The minimum atomic E-state index is -0.626. The van der Waals surface area contributed by atoms with E-state index in [4.69, 9.17) is 9.47 Å². The molecule has 2 N–H and O–H groups in total. The molecular weight excluding hydrogens is 354 g/mol. The number of nitrogens with zero attached hydrogens (tertiary/aromatic N) is 1. The van der Waals surface area contributed by atoms with Gasteiger partial charge in [0, 0.05) is 23.7 Å². The van der Waals surface area contributed by atoms with Crippen LogP contribution < -0.4 is 15.4 Å². The lowest BCUT2D eigenvalue weighted by Crippen LogP contribution is -2.21. The summed E-state index contributed by atoms with van der Waals surface area (Å²) in [6.45, 7) is 4.69. The first-order valence-electron chi connectivity index (χ1n) is 8.28. The van der Waals surface area contributed by atoms with Crippen LogP contribution in [-0.4, -0.2) is 37.1 Å². The number of aromatic nitrogens is 1. The Balaban J connectivity index is 1.78. The summed E-state index contributed by atoms with van der Waals surface area (Å²) in [5.41, 5.74) is 0.756. The second kappa shape index (κ2) is 9.76. The summed E-state index contributed by atoms with van der Waals surface area (Å²) >= 11 is 1.33. The largest absolute Gasteiger partial charge is 0.497 e. The lowest BCUT2D eigenvalue weighted by Gasteiger charge is -2.07. The van der Waals surface area contributed by atoms with E-state index in [1.54, 1.807) is 36.8 Å². The van der Waals surface area contributed by atoms with Gasteiger partial charge in [0.05, 0.1) is 7.11 Å². The zero-order chi connectivity index (χ0) is 18.9. The molecule has 0 radical (unpaired) electrons. The number of amides is 1. The number of benzene rings is 1. The summed E-state index contributed by atoms with van der Waals surface area (Å²) in [7, 11) is 1.54. The highest BCUT2D eigenvalue weighted by atomic mass is 32.1. The molecule has 0 fully saturated rings. The fourth-order valence-electron chi connectivity index (χ4n) is 2.02. The molecule has 7 nitrogen and oxygen atoms in total. The molecule has 2 rings (SSSR count). The van der Waals surface area contributed by atoms with Gasteiger partial charge >= 0.3 is 5.97 Å². The Morgan fingerprint density at radius 3 is 2.85 bits per heavy atom. The van der Waals surface area contributed by atoms with Crippen LogP contribution in [0.4, 0.5) is 10.8 Å². The van der Waals surface area contributed by atoms with Crippen LogP contribution in [0, 0.1) is 5.92 Å². The van der Waals surface area contributed by atoms with E-state index in [1.165, 1.54) is 11.3 Å². The standard InChI is InChI=1S/C18H23N3O4S/c1-12(2)7-8-19-18-21-15(11-26-18)17(23)25-10-16(22)20-13-5-4-6-14(9-13)24-3/h4-6,9,11-12H,7-8,10H2,1-3H3,(H,19,21)(H,20,22). The second-order valence-electron chi connectivity index (χ2n) is 6.00. The summed E-state index contributed by atoms with van der Waals surface area (Å²) in [6, 6.07) is 6.92. The van der Waals surface area contributed by atoms with Crippen molar-refractivity contribution in [2.24, 2.45) is 5.92 Å². The quantitative estimate of drug-likeness (QED) is 0.651. The molecule has 1 aromatic heterocycles. The van der Waals surface area contributed by atoms with Crippen molar-refractivity contribution in [3.63, 3.8) is 0 Å². The van der Waals surface area contributed by atoms with Crippen molar-refractivity contribution in [3.05, 3.63) is 35.3 Å². The highest BCUT2D eigenvalue weighted by Crippen LogP contribution is 2.18. The molecule has 8 heteroatoms. The van der Waals surface area contributed by atoms with E-state index in [0.717, 1.165) is 13.0 Å². The van der Waals surface area contributed by atoms with Crippen LogP contribution in [-0.2, 0) is 9.53 Å². The molecule has 0 saturated carbocycles. The van der Waals surface area contributed by atoms with Crippen molar-refractivity contribution < 1.29 is 19.1 Å². The first-order chi connectivity index (χ1) is 12.5. The third kappa shape index (κ3) is 6.36. The van der Waals surface area contributed by atoms with Crippen LogP contribution in [0.5, 0.6) is 5.75 Å². The van der Waals surface area contributed by atoms with Crippen LogP contribution in [0.2, 0.25) is 0 Å². The van der Waals surface area contributed by atoms with Crippen LogP contribution in [0.3, 0.4) is 0 Å². The molecule has 0 aliphatic rings. The Labute approximate surface area is 156 Å². The number of carbonyl (C=O) groups is 2. The topological polar surface area (TPSA) is 89.5 Å². The monoisotopic (exact) mass is 377 g/mol. The molecule has 26 heavy (non-hydrogen) atoms. The number of hydrogen-bond acceptors (Lipinski definition) is 7.